The lowest BCUT2D eigenvalue weighted by Gasteiger charge is -1.90. The molecule has 0 atom stereocenters. The average Bonchev–Trinajstić information content (AvgIpc) is 2.67. The summed E-state index contributed by atoms with van der Waals surface area (Å²) in [6.45, 7) is 0.427. The van der Waals surface area contributed by atoms with E-state index in [4.69, 9.17) is 4.74 Å². The molecule has 4 heteroatoms. The molecular weight excluding hydrogens is 196 g/mol. The first-order valence-corrected chi connectivity index (χ1v) is 4.96. The first-order valence-electron chi connectivity index (χ1n) is 4.08. The van der Waals surface area contributed by atoms with Gasteiger partial charge in [-0.3, -0.25) is 0 Å². The zero-order valence-corrected chi connectivity index (χ0v) is 8.47. The van der Waals surface area contributed by atoms with Crippen LogP contribution >= 0.6 is 11.3 Å². The van der Waals surface area contributed by atoms with Gasteiger partial charge in [0, 0.05) is 7.11 Å². The van der Waals surface area contributed by atoms with Crippen LogP contribution < -0.4 is 0 Å². The zero-order chi connectivity index (χ0) is 9.80. The number of methoxy groups -OCH3 is 1. The fourth-order valence-electron chi connectivity index (χ4n) is 1.07. The van der Waals surface area contributed by atoms with Crippen LogP contribution in [0.4, 0.5) is 0 Å². The summed E-state index contributed by atoms with van der Waals surface area (Å²) in [4.78, 5) is 8.25. The van der Waals surface area contributed by atoms with E-state index in [1.54, 1.807) is 18.4 Å². The number of fused-ring (bicyclic) bond motifs is 1. The molecule has 0 unspecified atom stereocenters. The third kappa shape index (κ3) is 1.74. The number of hydrogen-bond donors (Lipinski definition) is 0. The summed E-state index contributed by atoms with van der Waals surface area (Å²) >= 11 is 1.60. The number of rotatable bonds is 1. The molecule has 0 bridgehead atoms. The predicted molar refractivity (Wildman–Crippen MR) is 56.2 cm³/mol. The molecule has 70 valence electrons. The van der Waals surface area contributed by atoms with Gasteiger partial charge in [-0.25, -0.2) is 9.97 Å². The summed E-state index contributed by atoms with van der Waals surface area (Å²) < 4.78 is 5.88. The largest absolute Gasteiger partial charge is 0.372 e. The van der Waals surface area contributed by atoms with E-state index < -0.39 is 0 Å². The maximum Gasteiger partial charge on any atom is 0.134 e. The van der Waals surface area contributed by atoms with Gasteiger partial charge in [0.25, 0.3) is 0 Å². The van der Waals surface area contributed by atoms with Gasteiger partial charge in [-0.15, -0.1) is 11.3 Å². The minimum absolute atomic E-state index is 0.427. The van der Waals surface area contributed by atoms with Gasteiger partial charge in [0.05, 0.1) is 10.2 Å². The van der Waals surface area contributed by atoms with Crippen LogP contribution in [0.3, 0.4) is 0 Å². The molecule has 2 aromatic rings. The highest BCUT2D eigenvalue weighted by atomic mass is 32.1. The highest BCUT2D eigenvalue weighted by Crippen LogP contribution is 2.19. The van der Waals surface area contributed by atoms with Gasteiger partial charge >= 0.3 is 0 Å². The molecule has 0 aromatic carbocycles. The normalized spacial score (nSPS) is 9.79. The Morgan fingerprint density at radius 3 is 3.29 bits per heavy atom. The molecule has 0 saturated carbocycles. The van der Waals surface area contributed by atoms with Crippen molar-refractivity contribution in [2.24, 2.45) is 0 Å². The van der Waals surface area contributed by atoms with Crippen molar-refractivity contribution >= 4 is 21.6 Å². The number of aromatic nitrogens is 2. The van der Waals surface area contributed by atoms with Crippen LogP contribution in [0.15, 0.2) is 17.8 Å². The van der Waals surface area contributed by atoms with Crippen LogP contribution in [-0.4, -0.2) is 23.7 Å². The summed E-state index contributed by atoms with van der Waals surface area (Å²) in [5, 5.41) is 1.99. The molecule has 14 heavy (non-hydrogen) atoms. The summed E-state index contributed by atoms with van der Waals surface area (Å²) in [6, 6.07) is 1.96. The van der Waals surface area contributed by atoms with Crippen molar-refractivity contribution in [2.45, 2.75) is 0 Å². The molecule has 0 radical (unpaired) electrons. The molecule has 0 aliphatic rings. The van der Waals surface area contributed by atoms with E-state index in [1.165, 1.54) is 6.33 Å². The number of ether oxygens (including phenoxy) is 1. The van der Waals surface area contributed by atoms with Crippen LogP contribution in [0.25, 0.3) is 10.2 Å². The van der Waals surface area contributed by atoms with Crippen molar-refractivity contribution < 1.29 is 4.74 Å². The highest BCUT2D eigenvalue weighted by molar-refractivity contribution is 7.17. The lowest BCUT2D eigenvalue weighted by Crippen LogP contribution is -1.86. The van der Waals surface area contributed by atoms with Crippen molar-refractivity contribution in [3.05, 3.63) is 23.5 Å². The van der Waals surface area contributed by atoms with Crippen LogP contribution in [0.2, 0.25) is 0 Å². The monoisotopic (exact) mass is 204 g/mol. The standard InChI is InChI=1S/C10H8N2OS/c1-13-5-2-3-8-10-9(4-6-14-10)12-7-11-8/h4,6-7H,5H2,1H3. The van der Waals surface area contributed by atoms with Crippen LogP contribution in [0, 0.1) is 11.8 Å². The topological polar surface area (TPSA) is 35.0 Å². The fourth-order valence-corrected chi connectivity index (χ4v) is 1.86. The van der Waals surface area contributed by atoms with E-state index in [-0.39, 0.29) is 0 Å². The molecule has 0 N–H and O–H groups in total. The fraction of sp³-hybridized carbons (Fsp3) is 0.200. The second-order valence-electron chi connectivity index (χ2n) is 2.59. The summed E-state index contributed by atoms with van der Waals surface area (Å²) in [6.07, 6.45) is 1.53. The zero-order valence-electron chi connectivity index (χ0n) is 7.65. The molecule has 2 aromatic heterocycles. The molecule has 0 fully saturated rings. The van der Waals surface area contributed by atoms with Crippen LogP contribution in [0.1, 0.15) is 5.69 Å². The van der Waals surface area contributed by atoms with Gasteiger partial charge in [0.15, 0.2) is 0 Å². The molecule has 0 saturated heterocycles. The molecule has 2 heterocycles. The Labute approximate surface area is 85.8 Å². The quantitative estimate of drug-likeness (QED) is 0.663. The average molecular weight is 204 g/mol. The van der Waals surface area contributed by atoms with Crippen molar-refractivity contribution in [1.82, 2.24) is 9.97 Å². The van der Waals surface area contributed by atoms with E-state index >= 15 is 0 Å². The smallest absolute Gasteiger partial charge is 0.134 e. The Kier molecular flexibility index (Phi) is 2.73. The molecule has 0 aliphatic carbocycles. The highest BCUT2D eigenvalue weighted by Gasteiger charge is 2.00. The summed E-state index contributed by atoms with van der Waals surface area (Å²) in [7, 11) is 1.62. The first kappa shape index (κ1) is 9.13. The maximum atomic E-state index is 4.84. The van der Waals surface area contributed by atoms with Crippen molar-refractivity contribution in [2.75, 3.05) is 13.7 Å². The Hall–Kier alpha value is -1.44. The Morgan fingerprint density at radius 2 is 2.43 bits per heavy atom. The molecule has 0 spiro atoms. The van der Waals surface area contributed by atoms with Crippen molar-refractivity contribution in [1.29, 1.82) is 0 Å². The van der Waals surface area contributed by atoms with Crippen molar-refractivity contribution in [3.63, 3.8) is 0 Å². The molecule has 0 aliphatic heterocycles. The van der Waals surface area contributed by atoms with E-state index in [2.05, 4.69) is 21.8 Å². The van der Waals surface area contributed by atoms with Gasteiger partial charge in [-0.1, -0.05) is 5.92 Å². The van der Waals surface area contributed by atoms with Crippen LogP contribution in [-0.2, 0) is 4.74 Å². The minimum atomic E-state index is 0.427. The van der Waals surface area contributed by atoms with E-state index in [0.717, 1.165) is 15.9 Å². The molecular formula is C10H8N2OS. The van der Waals surface area contributed by atoms with Gasteiger partial charge in [0.1, 0.15) is 18.6 Å². The van der Waals surface area contributed by atoms with Gasteiger partial charge in [-0.05, 0) is 17.4 Å². The Bertz CT molecular complexity index is 495. The molecule has 3 nitrogen and oxygen atoms in total. The van der Waals surface area contributed by atoms with Gasteiger partial charge < -0.3 is 4.74 Å². The minimum Gasteiger partial charge on any atom is -0.372 e. The lowest BCUT2D eigenvalue weighted by atomic mass is 10.3. The molecule has 0 amide bonds. The number of nitrogens with zero attached hydrogens (tertiary/aromatic N) is 2. The van der Waals surface area contributed by atoms with E-state index in [0.29, 0.717) is 6.61 Å². The second-order valence-corrected chi connectivity index (χ2v) is 3.51. The van der Waals surface area contributed by atoms with Gasteiger partial charge in [-0.2, -0.15) is 0 Å². The summed E-state index contributed by atoms with van der Waals surface area (Å²) in [5.74, 6) is 5.84. The van der Waals surface area contributed by atoms with Gasteiger partial charge in [0.2, 0.25) is 0 Å². The summed E-state index contributed by atoms with van der Waals surface area (Å²) in [5.41, 5.74) is 1.73. The lowest BCUT2D eigenvalue weighted by molar-refractivity contribution is 0.240. The third-order valence-corrected chi connectivity index (χ3v) is 2.58. The number of hydrogen-bond acceptors (Lipinski definition) is 4. The van der Waals surface area contributed by atoms with Crippen molar-refractivity contribution in [3.8, 4) is 11.8 Å². The van der Waals surface area contributed by atoms with E-state index in [1.807, 2.05) is 11.4 Å². The SMILES string of the molecule is COCC#Cc1ncnc2ccsc12. The van der Waals surface area contributed by atoms with Crippen LogP contribution in [0.5, 0.6) is 0 Å². The maximum absolute atomic E-state index is 4.84. The predicted octanol–water partition coefficient (Wildman–Crippen LogP) is 1.69. The Balaban J connectivity index is 2.43. The molecule has 2 rings (SSSR count). The number of thiophene rings is 1. The third-order valence-electron chi connectivity index (χ3n) is 1.67. The second kappa shape index (κ2) is 4.18. The Morgan fingerprint density at radius 1 is 1.50 bits per heavy atom. The first-order chi connectivity index (χ1) is 6.92. The van der Waals surface area contributed by atoms with E-state index in [9.17, 15) is 0 Å².